The zero-order valence-corrected chi connectivity index (χ0v) is 17.4. The number of likely N-dealkylation sites (N-methyl/N-ethyl adjacent to an activating group) is 1. The molecule has 0 saturated carbocycles. The van der Waals surface area contributed by atoms with Crippen molar-refractivity contribution in [1.82, 2.24) is 9.80 Å². The predicted molar refractivity (Wildman–Crippen MR) is 107 cm³/mol. The van der Waals surface area contributed by atoms with Gasteiger partial charge in [-0.05, 0) is 31.4 Å². The number of hydrogen-bond acceptors (Lipinski definition) is 5. The van der Waals surface area contributed by atoms with Gasteiger partial charge >= 0.3 is 6.36 Å². The van der Waals surface area contributed by atoms with Crippen molar-refractivity contribution in [3.8, 4) is 11.5 Å². The van der Waals surface area contributed by atoms with Crippen LogP contribution in [0.15, 0.2) is 23.9 Å². The Kier molecular flexibility index (Phi) is 7.05. The summed E-state index contributed by atoms with van der Waals surface area (Å²) in [6.07, 6.45) is -3.03. The summed E-state index contributed by atoms with van der Waals surface area (Å²) >= 11 is 0. The predicted octanol–water partition coefficient (Wildman–Crippen LogP) is 4.37. The number of rotatable bonds is 7. The Morgan fingerprint density at radius 2 is 1.83 bits per heavy atom. The molecule has 1 aliphatic heterocycles. The maximum absolute atomic E-state index is 12.6. The summed E-state index contributed by atoms with van der Waals surface area (Å²) in [5.74, 6) is 0.0768. The highest BCUT2D eigenvalue weighted by atomic mass is 19.4. The smallest absolute Gasteiger partial charge is 0.496 e. The fraction of sp³-hybridized carbons (Fsp3) is 0.550. The van der Waals surface area contributed by atoms with E-state index in [1.54, 1.807) is 11.9 Å². The molecule has 0 radical (unpaired) electrons. The zero-order chi connectivity index (χ0) is 21.9. The number of ether oxygens (including phenoxy) is 2. The van der Waals surface area contributed by atoms with E-state index in [-0.39, 0.29) is 23.4 Å². The van der Waals surface area contributed by atoms with Crippen LogP contribution in [0.3, 0.4) is 0 Å². The van der Waals surface area contributed by atoms with E-state index >= 15 is 0 Å². The van der Waals surface area contributed by atoms with Gasteiger partial charge in [-0.2, -0.15) is 0 Å². The maximum atomic E-state index is 12.6. The molecule has 0 bridgehead atoms. The first-order valence-corrected chi connectivity index (χ1v) is 9.62. The molecule has 162 valence electrons. The van der Waals surface area contributed by atoms with Gasteiger partial charge in [-0.15, -0.1) is 13.2 Å². The topological polar surface area (TPSA) is 74.8 Å². The summed E-state index contributed by atoms with van der Waals surface area (Å²) in [4.78, 5) is 3.72. The number of alkyl halides is 3. The SMILES string of the molecule is CCC1=C(c2ccc(OC(F)(F)F)cc2OC)N(C)C(=N)C(N)N1C(CC)CC. The van der Waals surface area contributed by atoms with E-state index in [0.717, 1.165) is 18.5 Å². The summed E-state index contributed by atoms with van der Waals surface area (Å²) in [6.45, 7) is 6.13. The summed E-state index contributed by atoms with van der Waals surface area (Å²) in [5.41, 5.74) is 8.58. The number of halogens is 3. The van der Waals surface area contributed by atoms with E-state index in [2.05, 4.69) is 23.5 Å². The Balaban J connectivity index is 2.67. The minimum Gasteiger partial charge on any atom is -0.496 e. The van der Waals surface area contributed by atoms with Gasteiger partial charge in [0.15, 0.2) is 0 Å². The van der Waals surface area contributed by atoms with Crippen molar-refractivity contribution < 1.29 is 22.6 Å². The van der Waals surface area contributed by atoms with Gasteiger partial charge in [-0.1, -0.05) is 20.8 Å². The van der Waals surface area contributed by atoms with Gasteiger partial charge in [0.25, 0.3) is 0 Å². The monoisotopic (exact) mass is 414 g/mol. The normalized spacial score (nSPS) is 18.0. The molecule has 1 heterocycles. The molecule has 0 spiro atoms. The number of nitrogens with one attached hydrogen (secondary N) is 1. The molecule has 0 amide bonds. The quantitative estimate of drug-likeness (QED) is 0.693. The number of methoxy groups -OCH3 is 1. The lowest BCUT2D eigenvalue weighted by Crippen LogP contribution is -2.58. The number of allylic oxidation sites excluding steroid dienone is 1. The zero-order valence-electron chi connectivity index (χ0n) is 17.4. The van der Waals surface area contributed by atoms with Gasteiger partial charge in [-0.25, -0.2) is 0 Å². The van der Waals surface area contributed by atoms with E-state index in [1.807, 2.05) is 6.92 Å². The summed E-state index contributed by atoms with van der Waals surface area (Å²) in [5, 5.41) is 8.52. The molecule has 1 unspecified atom stereocenters. The first kappa shape index (κ1) is 22.9. The molecule has 3 N–H and O–H groups in total. The molecule has 1 aromatic carbocycles. The van der Waals surface area contributed by atoms with E-state index in [4.69, 9.17) is 15.9 Å². The molecule has 29 heavy (non-hydrogen) atoms. The lowest BCUT2D eigenvalue weighted by molar-refractivity contribution is -0.274. The minimum atomic E-state index is -4.79. The Labute approximate surface area is 169 Å². The first-order valence-electron chi connectivity index (χ1n) is 9.62. The van der Waals surface area contributed by atoms with Gasteiger partial charge in [0.2, 0.25) is 0 Å². The van der Waals surface area contributed by atoms with Gasteiger partial charge in [0, 0.05) is 30.4 Å². The minimum absolute atomic E-state index is 0.142. The van der Waals surface area contributed by atoms with Crippen LogP contribution in [0, 0.1) is 5.41 Å². The fourth-order valence-corrected chi connectivity index (χ4v) is 3.81. The van der Waals surface area contributed by atoms with Gasteiger partial charge < -0.3 is 25.0 Å². The third-order valence-electron chi connectivity index (χ3n) is 5.19. The second kappa shape index (κ2) is 8.94. The summed E-state index contributed by atoms with van der Waals surface area (Å²) in [7, 11) is 3.12. The van der Waals surface area contributed by atoms with Crippen LogP contribution in [0.2, 0.25) is 0 Å². The molecule has 0 fully saturated rings. The van der Waals surface area contributed by atoms with Crippen molar-refractivity contribution in [1.29, 1.82) is 5.41 Å². The molecular weight excluding hydrogens is 385 g/mol. The van der Waals surface area contributed by atoms with E-state index < -0.39 is 12.5 Å². The van der Waals surface area contributed by atoms with E-state index in [9.17, 15) is 13.2 Å². The molecule has 1 atom stereocenters. The highest BCUT2D eigenvalue weighted by molar-refractivity contribution is 5.95. The summed E-state index contributed by atoms with van der Waals surface area (Å²) in [6, 6.07) is 4.12. The third-order valence-corrected chi connectivity index (χ3v) is 5.19. The second-order valence-corrected chi connectivity index (χ2v) is 6.83. The molecule has 0 aromatic heterocycles. The average molecular weight is 414 g/mol. The van der Waals surface area contributed by atoms with Crippen LogP contribution in [0.5, 0.6) is 11.5 Å². The van der Waals surface area contributed by atoms with Crippen molar-refractivity contribution in [3.63, 3.8) is 0 Å². The standard InChI is InChI=1S/C20H29F3N4O2/c1-6-12(7-2)27-15(8-3)17(26(4)18(24)19(27)25)14-10-9-13(11-16(14)28-5)29-20(21,22)23/h9-12,19,24H,6-8,25H2,1-5H3. The van der Waals surface area contributed by atoms with Crippen LogP contribution in [-0.4, -0.2) is 48.4 Å². The van der Waals surface area contributed by atoms with Crippen molar-refractivity contribution in [2.24, 2.45) is 5.73 Å². The van der Waals surface area contributed by atoms with Gasteiger partial charge in [-0.3, -0.25) is 5.41 Å². The van der Waals surface area contributed by atoms with Crippen LogP contribution >= 0.6 is 0 Å². The Hall–Kier alpha value is -2.42. The maximum Gasteiger partial charge on any atom is 0.573 e. The second-order valence-electron chi connectivity index (χ2n) is 6.83. The molecule has 1 aliphatic rings. The lowest BCUT2D eigenvalue weighted by atomic mass is 9.98. The van der Waals surface area contributed by atoms with Gasteiger partial charge in [0.1, 0.15) is 23.5 Å². The lowest BCUT2D eigenvalue weighted by Gasteiger charge is -2.47. The van der Waals surface area contributed by atoms with Crippen molar-refractivity contribution >= 4 is 11.5 Å². The summed E-state index contributed by atoms with van der Waals surface area (Å²) < 4.78 is 47.2. The van der Waals surface area contributed by atoms with Crippen LogP contribution < -0.4 is 15.2 Å². The van der Waals surface area contributed by atoms with Crippen molar-refractivity contribution in [2.45, 2.75) is 58.6 Å². The number of nitrogens with zero attached hydrogens (tertiary/aromatic N) is 2. The molecule has 6 nitrogen and oxygen atoms in total. The van der Waals surface area contributed by atoms with Crippen molar-refractivity contribution in [3.05, 3.63) is 29.5 Å². The first-order chi connectivity index (χ1) is 13.6. The number of amidine groups is 1. The Morgan fingerprint density at radius 1 is 1.21 bits per heavy atom. The largest absolute Gasteiger partial charge is 0.573 e. The highest BCUT2D eigenvalue weighted by Gasteiger charge is 2.37. The Morgan fingerprint density at radius 3 is 2.31 bits per heavy atom. The molecular formula is C20H29F3N4O2. The molecule has 0 aliphatic carbocycles. The number of nitrogens with two attached hydrogens (primary N) is 1. The van der Waals surface area contributed by atoms with E-state index in [0.29, 0.717) is 17.7 Å². The average Bonchev–Trinajstić information content (AvgIpc) is 2.67. The van der Waals surface area contributed by atoms with Crippen LogP contribution in [0.25, 0.3) is 5.70 Å². The van der Waals surface area contributed by atoms with Crippen LogP contribution in [-0.2, 0) is 0 Å². The number of benzene rings is 1. The third kappa shape index (κ3) is 4.60. The molecule has 9 heteroatoms. The van der Waals surface area contributed by atoms with Crippen LogP contribution in [0.4, 0.5) is 13.2 Å². The fourth-order valence-electron chi connectivity index (χ4n) is 3.81. The van der Waals surface area contributed by atoms with Crippen molar-refractivity contribution in [2.75, 3.05) is 14.2 Å². The molecule has 0 saturated heterocycles. The highest BCUT2D eigenvalue weighted by Crippen LogP contribution is 2.40. The van der Waals surface area contributed by atoms with E-state index in [1.165, 1.54) is 25.3 Å². The van der Waals surface area contributed by atoms with Gasteiger partial charge in [0.05, 0.1) is 12.8 Å². The Bertz CT molecular complexity index is 775. The molecule has 1 aromatic rings. The number of hydrogen-bond donors (Lipinski definition) is 2. The molecule has 2 rings (SSSR count). The van der Waals surface area contributed by atoms with Crippen LogP contribution in [0.1, 0.15) is 45.6 Å².